The van der Waals surface area contributed by atoms with Crippen molar-refractivity contribution >= 4 is 5.97 Å². The Bertz CT molecular complexity index is 528. The van der Waals surface area contributed by atoms with Crippen LogP contribution in [-0.2, 0) is 14.2 Å². The molecular formula is C14H18O6. The van der Waals surface area contributed by atoms with E-state index in [1.807, 2.05) is 0 Å². The highest BCUT2D eigenvalue weighted by Crippen LogP contribution is 2.44. The summed E-state index contributed by atoms with van der Waals surface area (Å²) in [5, 5.41) is 0. The number of benzene rings is 1. The zero-order valence-corrected chi connectivity index (χ0v) is 12.2. The molecule has 0 saturated carbocycles. The van der Waals surface area contributed by atoms with Gasteiger partial charge in [-0.1, -0.05) is 0 Å². The van der Waals surface area contributed by atoms with Crippen LogP contribution in [0, 0.1) is 0 Å². The van der Waals surface area contributed by atoms with Crippen LogP contribution < -0.4 is 9.47 Å². The number of hydrogen-bond acceptors (Lipinski definition) is 6. The van der Waals surface area contributed by atoms with Crippen LogP contribution in [0.2, 0.25) is 0 Å². The summed E-state index contributed by atoms with van der Waals surface area (Å²) in [6.07, 6.45) is 0. The SMILES string of the molecule is COC(=O)c1ccc2c(c1)O[C@@](C)(OC)[C@](C)(OC)O2. The van der Waals surface area contributed by atoms with Crippen LogP contribution >= 0.6 is 0 Å². The molecule has 1 heterocycles. The number of carbonyl (C=O) groups is 1. The average Bonchev–Trinajstić information content (AvgIpc) is 2.47. The minimum atomic E-state index is -1.15. The third-order valence-corrected chi connectivity index (χ3v) is 3.58. The van der Waals surface area contributed by atoms with Gasteiger partial charge in [0.15, 0.2) is 11.5 Å². The molecule has 1 aromatic rings. The number of fused-ring (bicyclic) bond motifs is 1. The number of ether oxygens (including phenoxy) is 5. The molecule has 0 aliphatic carbocycles. The van der Waals surface area contributed by atoms with Gasteiger partial charge in [-0.25, -0.2) is 4.79 Å². The lowest BCUT2D eigenvalue weighted by Crippen LogP contribution is -2.62. The van der Waals surface area contributed by atoms with E-state index in [0.29, 0.717) is 17.1 Å². The maximum absolute atomic E-state index is 11.5. The van der Waals surface area contributed by atoms with Crippen molar-refractivity contribution in [2.45, 2.75) is 25.4 Å². The molecule has 0 amide bonds. The van der Waals surface area contributed by atoms with Crippen molar-refractivity contribution in [3.8, 4) is 11.5 Å². The van der Waals surface area contributed by atoms with E-state index >= 15 is 0 Å². The fourth-order valence-corrected chi connectivity index (χ4v) is 1.98. The van der Waals surface area contributed by atoms with Gasteiger partial charge in [0.2, 0.25) is 0 Å². The maximum atomic E-state index is 11.5. The normalized spacial score (nSPS) is 28.1. The lowest BCUT2D eigenvalue weighted by molar-refractivity contribution is -0.345. The molecule has 1 aromatic carbocycles. The molecule has 1 aliphatic rings. The number of hydrogen-bond donors (Lipinski definition) is 0. The topological polar surface area (TPSA) is 63.2 Å². The zero-order valence-electron chi connectivity index (χ0n) is 12.2. The lowest BCUT2D eigenvalue weighted by atomic mass is 10.1. The zero-order chi connectivity index (χ0) is 15.0. The average molecular weight is 282 g/mol. The summed E-state index contributed by atoms with van der Waals surface area (Å²) in [6, 6.07) is 4.78. The van der Waals surface area contributed by atoms with Crippen molar-refractivity contribution in [3.05, 3.63) is 23.8 Å². The van der Waals surface area contributed by atoms with E-state index in [4.69, 9.17) is 18.9 Å². The van der Waals surface area contributed by atoms with Gasteiger partial charge in [0.05, 0.1) is 12.7 Å². The molecule has 110 valence electrons. The Hall–Kier alpha value is -1.79. The summed E-state index contributed by atoms with van der Waals surface area (Å²) in [6.45, 7) is 3.41. The number of rotatable bonds is 3. The van der Waals surface area contributed by atoms with E-state index in [9.17, 15) is 4.79 Å². The van der Waals surface area contributed by atoms with Crippen molar-refractivity contribution in [2.24, 2.45) is 0 Å². The fraction of sp³-hybridized carbons (Fsp3) is 0.500. The van der Waals surface area contributed by atoms with E-state index < -0.39 is 17.5 Å². The van der Waals surface area contributed by atoms with E-state index in [1.165, 1.54) is 21.3 Å². The second-order valence-corrected chi connectivity index (χ2v) is 4.66. The minimum absolute atomic E-state index is 0.370. The van der Waals surface area contributed by atoms with E-state index in [-0.39, 0.29) is 0 Å². The highest BCUT2D eigenvalue weighted by atomic mass is 16.8. The highest BCUT2D eigenvalue weighted by molar-refractivity contribution is 5.90. The van der Waals surface area contributed by atoms with Crippen LogP contribution in [-0.4, -0.2) is 38.9 Å². The standard InChI is InChI=1S/C14H18O6/c1-13(17-4)14(2,18-5)20-11-8-9(12(15)16-3)6-7-10(11)19-13/h6-8H,1-5H3/t13-,14-/m1/s1. The van der Waals surface area contributed by atoms with Gasteiger partial charge in [-0.3, -0.25) is 0 Å². The Labute approximate surface area is 117 Å². The Kier molecular flexibility index (Phi) is 3.62. The molecule has 0 unspecified atom stereocenters. The highest BCUT2D eigenvalue weighted by Gasteiger charge is 2.54. The molecule has 20 heavy (non-hydrogen) atoms. The molecule has 1 aliphatic heterocycles. The molecule has 6 nitrogen and oxygen atoms in total. The number of esters is 1. The van der Waals surface area contributed by atoms with Gasteiger partial charge in [-0.05, 0) is 18.2 Å². The molecule has 6 heteroatoms. The quantitative estimate of drug-likeness (QED) is 0.790. The van der Waals surface area contributed by atoms with Crippen molar-refractivity contribution in [3.63, 3.8) is 0 Å². The summed E-state index contributed by atoms with van der Waals surface area (Å²) in [7, 11) is 4.32. The molecule has 0 aromatic heterocycles. The minimum Gasteiger partial charge on any atom is -0.465 e. The van der Waals surface area contributed by atoms with Crippen LogP contribution in [0.25, 0.3) is 0 Å². The molecule has 2 atom stereocenters. The van der Waals surface area contributed by atoms with Crippen molar-refractivity contribution < 1.29 is 28.5 Å². The first kappa shape index (κ1) is 14.6. The molecule has 0 bridgehead atoms. The summed E-state index contributed by atoms with van der Waals surface area (Å²) in [5.41, 5.74) is 0.370. The second kappa shape index (κ2) is 4.96. The molecule has 0 spiro atoms. The Morgan fingerprint density at radius 3 is 2.05 bits per heavy atom. The van der Waals surface area contributed by atoms with Crippen LogP contribution in [0.1, 0.15) is 24.2 Å². The fourth-order valence-electron chi connectivity index (χ4n) is 1.98. The second-order valence-electron chi connectivity index (χ2n) is 4.66. The monoisotopic (exact) mass is 282 g/mol. The van der Waals surface area contributed by atoms with Gasteiger partial charge in [-0.15, -0.1) is 0 Å². The first-order valence-corrected chi connectivity index (χ1v) is 6.10. The van der Waals surface area contributed by atoms with Gasteiger partial charge in [0.25, 0.3) is 11.6 Å². The Balaban J connectivity index is 2.45. The van der Waals surface area contributed by atoms with Gasteiger partial charge in [0, 0.05) is 28.1 Å². The molecule has 2 rings (SSSR count). The van der Waals surface area contributed by atoms with Crippen LogP contribution in [0.15, 0.2) is 18.2 Å². The summed E-state index contributed by atoms with van der Waals surface area (Å²) in [5.74, 6) is -1.84. The number of carbonyl (C=O) groups excluding carboxylic acids is 1. The summed E-state index contributed by atoms with van der Waals surface area (Å²) >= 11 is 0. The Morgan fingerprint density at radius 1 is 1.00 bits per heavy atom. The first-order valence-electron chi connectivity index (χ1n) is 6.10. The third-order valence-electron chi connectivity index (χ3n) is 3.58. The predicted octanol–water partition coefficient (Wildman–Crippen LogP) is 1.97. The molecule has 0 fully saturated rings. The smallest absolute Gasteiger partial charge is 0.337 e. The van der Waals surface area contributed by atoms with E-state index in [2.05, 4.69) is 4.74 Å². The maximum Gasteiger partial charge on any atom is 0.337 e. The van der Waals surface area contributed by atoms with Crippen molar-refractivity contribution in [1.82, 2.24) is 0 Å². The summed E-state index contributed by atoms with van der Waals surface area (Å²) in [4.78, 5) is 11.5. The van der Waals surface area contributed by atoms with Crippen molar-refractivity contribution in [2.75, 3.05) is 21.3 Å². The van der Waals surface area contributed by atoms with Crippen LogP contribution in [0.4, 0.5) is 0 Å². The van der Waals surface area contributed by atoms with E-state index in [0.717, 1.165) is 0 Å². The number of methoxy groups -OCH3 is 3. The van der Waals surface area contributed by atoms with E-state index in [1.54, 1.807) is 32.0 Å². The first-order chi connectivity index (χ1) is 9.39. The lowest BCUT2D eigenvalue weighted by Gasteiger charge is -2.46. The molecule has 0 radical (unpaired) electrons. The van der Waals surface area contributed by atoms with Crippen molar-refractivity contribution in [1.29, 1.82) is 0 Å². The molecule has 0 saturated heterocycles. The van der Waals surface area contributed by atoms with Gasteiger partial charge < -0.3 is 23.7 Å². The van der Waals surface area contributed by atoms with Gasteiger partial charge >= 0.3 is 5.97 Å². The van der Waals surface area contributed by atoms with Crippen LogP contribution in [0.3, 0.4) is 0 Å². The predicted molar refractivity (Wildman–Crippen MR) is 69.9 cm³/mol. The summed E-state index contributed by atoms with van der Waals surface area (Å²) < 4.78 is 27.1. The Morgan fingerprint density at radius 2 is 1.55 bits per heavy atom. The molecule has 0 N–H and O–H groups in total. The molecular weight excluding hydrogens is 264 g/mol. The van der Waals surface area contributed by atoms with Gasteiger partial charge in [-0.2, -0.15) is 0 Å². The van der Waals surface area contributed by atoms with Crippen LogP contribution in [0.5, 0.6) is 11.5 Å². The third kappa shape index (κ3) is 2.10. The van der Waals surface area contributed by atoms with Gasteiger partial charge in [0.1, 0.15) is 0 Å². The largest absolute Gasteiger partial charge is 0.465 e.